The smallest absolute Gasteiger partial charge is 0.509 e. The van der Waals surface area contributed by atoms with E-state index >= 15 is 0 Å². The number of para-hydroxylation sites is 1. The Morgan fingerprint density at radius 3 is 1.95 bits per heavy atom. The van der Waals surface area contributed by atoms with Crippen LogP contribution in [0.15, 0.2) is 103 Å². The van der Waals surface area contributed by atoms with Crippen LogP contribution >= 0.6 is 0 Å². The van der Waals surface area contributed by atoms with E-state index in [1.54, 1.807) is 12.1 Å². The molecule has 5 nitrogen and oxygen atoms in total. The zero-order chi connectivity index (χ0) is 41.5. The number of hydrogen-bond acceptors (Lipinski definition) is 2. The van der Waals surface area contributed by atoms with Gasteiger partial charge in [0.25, 0.3) is 5.69 Å². The van der Waals surface area contributed by atoms with E-state index < -0.39 is 0 Å². The van der Waals surface area contributed by atoms with E-state index in [9.17, 15) is 4.39 Å². The average molecular weight is 964 g/mol. The minimum absolute atomic E-state index is 0. The maximum atomic E-state index is 14.7. The SMILES string of the molecule is CC(C)(C)c1cc([N+]2=C=[N+](c3[c-]c(Oc4[c-]c5c(cc4)c4cc(F)ccc4n5-c4cc(C(C)(C)C)ccn4)ccc3)c3cccc(C(C)(C)C)c32)cc(C(C)(C)C)c1.[Pt+2]. The number of pyridine rings is 1. The van der Waals surface area contributed by atoms with Crippen LogP contribution < -0.4 is 13.9 Å². The van der Waals surface area contributed by atoms with Crippen molar-refractivity contribution in [3.63, 3.8) is 0 Å². The van der Waals surface area contributed by atoms with Gasteiger partial charge in [0.15, 0.2) is 0 Å². The van der Waals surface area contributed by atoms with Crippen molar-refractivity contribution in [2.45, 2.75) is 105 Å². The molecule has 0 fully saturated rings. The quantitative estimate of drug-likeness (QED) is 0.127. The van der Waals surface area contributed by atoms with E-state index in [4.69, 9.17) is 9.72 Å². The van der Waals surface area contributed by atoms with Gasteiger partial charge in [0, 0.05) is 47.0 Å². The van der Waals surface area contributed by atoms with Gasteiger partial charge in [-0.3, -0.25) is 0 Å². The Balaban J connectivity index is 0.00000528. The van der Waals surface area contributed by atoms with E-state index in [2.05, 4.69) is 153 Å². The van der Waals surface area contributed by atoms with E-state index in [0.29, 0.717) is 11.5 Å². The molecule has 8 rings (SSSR count). The molecule has 0 amide bonds. The minimum atomic E-state index is -0.295. The van der Waals surface area contributed by atoms with Crippen LogP contribution in [0, 0.1) is 17.9 Å². The van der Waals surface area contributed by atoms with Gasteiger partial charge in [-0.05, 0) is 78.6 Å². The van der Waals surface area contributed by atoms with E-state index in [1.807, 2.05) is 47.2 Å². The second-order valence-corrected chi connectivity index (χ2v) is 19.7. The third-order valence-corrected chi connectivity index (χ3v) is 11.1. The van der Waals surface area contributed by atoms with Crippen LogP contribution in [0.1, 0.15) is 105 Å². The summed E-state index contributed by atoms with van der Waals surface area (Å²) in [4.78, 5) is 4.77. The van der Waals surface area contributed by atoms with Gasteiger partial charge in [-0.2, -0.15) is 12.1 Å². The van der Waals surface area contributed by atoms with Gasteiger partial charge in [0.1, 0.15) is 17.3 Å². The number of ether oxygens (including phenoxy) is 1. The normalized spacial score (nSPS) is 13.3. The molecule has 0 radical (unpaired) electrons. The van der Waals surface area contributed by atoms with Crippen LogP contribution in [0.2, 0.25) is 0 Å². The molecule has 0 atom stereocenters. The number of hydrogen-bond donors (Lipinski definition) is 0. The first-order chi connectivity index (χ1) is 27.2. The third-order valence-electron chi connectivity index (χ3n) is 11.1. The number of fused-ring (bicyclic) bond motifs is 4. The predicted molar refractivity (Wildman–Crippen MR) is 238 cm³/mol. The molecular formula is C52H53FN4OPt+2. The second-order valence-electron chi connectivity index (χ2n) is 19.7. The molecule has 59 heavy (non-hydrogen) atoms. The first-order valence-electron chi connectivity index (χ1n) is 20.2. The maximum absolute atomic E-state index is 14.7. The van der Waals surface area contributed by atoms with Gasteiger partial charge < -0.3 is 9.30 Å². The fourth-order valence-electron chi connectivity index (χ4n) is 7.68. The summed E-state index contributed by atoms with van der Waals surface area (Å²) in [5.74, 6) is 1.49. The summed E-state index contributed by atoms with van der Waals surface area (Å²) < 4.78 is 27.6. The van der Waals surface area contributed by atoms with Crippen molar-refractivity contribution in [3.05, 3.63) is 143 Å². The summed E-state index contributed by atoms with van der Waals surface area (Å²) >= 11 is 0. The van der Waals surface area contributed by atoms with Gasteiger partial charge in [-0.1, -0.05) is 124 Å². The molecule has 2 aromatic heterocycles. The Bertz CT molecular complexity index is 2820. The third kappa shape index (κ3) is 7.98. The number of benzene rings is 5. The fraction of sp³-hybridized carbons (Fsp3) is 0.308. The Kier molecular flexibility index (Phi) is 10.6. The summed E-state index contributed by atoms with van der Waals surface area (Å²) in [6, 6.07) is 43.1. The fourth-order valence-corrected chi connectivity index (χ4v) is 7.68. The number of aromatic nitrogens is 2. The Labute approximate surface area is 363 Å². The molecule has 3 heterocycles. The molecule has 1 aliphatic rings. The van der Waals surface area contributed by atoms with Crippen molar-refractivity contribution < 1.29 is 30.2 Å². The van der Waals surface area contributed by atoms with Crippen molar-refractivity contribution in [2.24, 2.45) is 0 Å². The molecule has 0 N–H and O–H groups in total. The molecule has 1 aliphatic heterocycles. The average Bonchev–Trinajstić information content (AvgIpc) is 3.69. The van der Waals surface area contributed by atoms with E-state index in [-0.39, 0.29) is 48.5 Å². The molecule has 0 bridgehead atoms. The Morgan fingerprint density at radius 1 is 0.627 bits per heavy atom. The summed E-state index contributed by atoms with van der Waals surface area (Å²) in [5.41, 5.74) is 10.2. The van der Waals surface area contributed by atoms with Crippen molar-refractivity contribution in [1.82, 2.24) is 18.7 Å². The molecule has 0 saturated heterocycles. The number of rotatable bonds is 5. The first kappa shape index (κ1) is 42.0. The van der Waals surface area contributed by atoms with Crippen molar-refractivity contribution in [3.8, 4) is 17.3 Å². The van der Waals surface area contributed by atoms with Gasteiger partial charge in [0.05, 0.1) is 0 Å². The van der Waals surface area contributed by atoms with Crippen LogP contribution in [0.3, 0.4) is 0 Å². The zero-order valence-electron chi connectivity index (χ0n) is 36.2. The maximum Gasteiger partial charge on any atom is 2.00 e. The number of nitrogens with zero attached hydrogens (tertiary/aromatic N) is 4. The zero-order valence-corrected chi connectivity index (χ0v) is 38.5. The summed E-state index contributed by atoms with van der Waals surface area (Å²) in [6.45, 7) is 27.0. The molecule has 0 spiro atoms. The Hall–Kier alpha value is -5.15. The topological polar surface area (TPSA) is 33.1 Å². The van der Waals surface area contributed by atoms with Crippen LogP contribution in [0.25, 0.3) is 27.6 Å². The Morgan fingerprint density at radius 2 is 1.29 bits per heavy atom. The van der Waals surface area contributed by atoms with Crippen molar-refractivity contribution >= 4 is 50.6 Å². The van der Waals surface area contributed by atoms with Gasteiger partial charge in [-0.15, -0.1) is 23.6 Å². The minimum Gasteiger partial charge on any atom is -0.509 e. The van der Waals surface area contributed by atoms with Gasteiger partial charge in [0.2, 0.25) is 5.69 Å². The molecule has 5 aromatic carbocycles. The van der Waals surface area contributed by atoms with Gasteiger partial charge >= 0.3 is 32.8 Å². The summed E-state index contributed by atoms with van der Waals surface area (Å²) in [7, 11) is 0. The molecule has 0 saturated carbocycles. The molecular weight excluding hydrogens is 911 g/mol. The van der Waals surface area contributed by atoms with Crippen molar-refractivity contribution in [1.29, 1.82) is 0 Å². The summed E-state index contributed by atoms with van der Waals surface area (Å²) in [5, 5.41) is 1.65. The summed E-state index contributed by atoms with van der Waals surface area (Å²) in [6.07, 6.45) is 1.83. The van der Waals surface area contributed by atoms with E-state index in [0.717, 1.165) is 55.9 Å². The second kappa shape index (κ2) is 14.8. The van der Waals surface area contributed by atoms with Crippen molar-refractivity contribution in [2.75, 3.05) is 0 Å². The standard InChI is InChI=1S/C52H53FN4O.Pt/c1-49(2,3)33-23-24-54-47(28-33)57-44-22-19-36(53)29-42(44)41-21-20-40(31-46(41)57)58-39-16-13-15-37(30-39)55-32-56(48-43(52(10,11)12)17-14-18-45(48)55)38-26-34(50(4,5)6)25-35(27-38)51(7,8)9;/h13-29H,1-12H3;/q;+2. The van der Waals surface area contributed by atoms with Crippen LogP contribution in [0.5, 0.6) is 11.5 Å². The van der Waals surface area contributed by atoms with Gasteiger partial charge in [-0.25, -0.2) is 9.37 Å². The van der Waals surface area contributed by atoms with Crippen LogP contribution in [0.4, 0.5) is 27.1 Å². The monoisotopic (exact) mass is 963 g/mol. The molecule has 7 heteroatoms. The molecule has 7 aromatic rings. The van der Waals surface area contributed by atoms with E-state index in [1.165, 1.54) is 22.8 Å². The van der Waals surface area contributed by atoms with Crippen LogP contribution in [-0.4, -0.2) is 15.6 Å². The molecule has 0 unspecified atom stereocenters. The molecule has 302 valence electrons. The number of halogens is 1. The predicted octanol–water partition coefficient (Wildman–Crippen LogP) is 13.8. The van der Waals surface area contributed by atoms with Crippen LogP contribution in [-0.2, 0) is 42.7 Å². The first-order valence-corrected chi connectivity index (χ1v) is 20.2. The largest absolute Gasteiger partial charge is 2.00 e. The molecule has 0 aliphatic carbocycles.